The van der Waals surface area contributed by atoms with Crippen molar-refractivity contribution in [2.45, 2.75) is 25.3 Å². The molecule has 4 nitrogen and oxygen atoms in total. The first-order valence-corrected chi connectivity index (χ1v) is 5.34. The van der Waals surface area contributed by atoms with Crippen molar-refractivity contribution in [1.29, 1.82) is 0 Å². The van der Waals surface area contributed by atoms with E-state index in [-0.39, 0.29) is 11.4 Å². The molecule has 0 saturated carbocycles. The molecule has 80 valence electrons. The van der Waals surface area contributed by atoms with Crippen LogP contribution in [0.5, 0.6) is 0 Å². The highest BCUT2D eigenvalue weighted by molar-refractivity contribution is 5.86. The largest absolute Gasteiger partial charge is 0.379 e. The van der Waals surface area contributed by atoms with Gasteiger partial charge in [-0.2, -0.15) is 0 Å². The van der Waals surface area contributed by atoms with E-state index < -0.39 is 0 Å². The van der Waals surface area contributed by atoms with Gasteiger partial charge < -0.3 is 10.1 Å². The molecule has 2 aliphatic heterocycles. The van der Waals surface area contributed by atoms with Crippen LogP contribution in [0.1, 0.15) is 19.8 Å². The van der Waals surface area contributed by atoms with Crippen LogP contribution in [0.3, 0.4) is 0 Å². The van der Waals surface area contributed by atoms with Gasteiger partial charge in [0.25, 0.3) is 0 Å². The monoisotopic (exact) mass is 198 g/mol. The molecule has 2 fully saturated rings. The van der Waals surface area contributed by atoms with E-state index in [4.69, 9.17) is 4.74 Å². The van der Waals surface area contributed by atoms with Gasteiger partial charge in [-0.3, -0.25) is 9.69 Å². The van der Waals surface area contributed by atoms with E-state index in [9.17, 15) is 4.79 Å². The Kier molecular flexibility index (Phi) is 2.74. The van der Waals surface area contributed by atoms with Gasteiger partial charge in [-0.05, 0) is 19.8 Å². The molecule has 2 heterocycles. The summed E-state index contributed by atoms with van der Waals surface area (Å²) in [7, 11) is 0. The molecule has 1 amide bonds. The molecular formula is C10H18N2O2. The van der Waals surface area contributed by atoms with Gasteiger partial charge in [0, 0.05) is 19.6 Å². The Morgan fingerprint density at radius 1 is 1.43 bits per heavy atom. The van der Waals surface area contributed by atoms with Crippen molar-refractivity contribution in [3.63, 3.8) is 0 Å². The third-order valence-corrected chi connectivity index (χ3v) is 3.32. The van der Waals surface area contributed by atoms with E-state index in [0.29, 0.717) is 0 Å². The van der Waals surface area contributed by atoms with Gasteiger partial charge in [0.05, 0.1) is 18.8 Å². The average molecular weight is 198 g/mol. The van der Waals surface area contributed by atoms with E-state index >= 15 is 0 Å². The lowest BCUT2D eigenvalue weighted by atomic mass is 9.89. The fourth-order valence-electron chi connectivity index (χ4n) is 2.30. The average Bonchev–Trinajstić information content (AvgIpc) is 2.24. The van der Waals surface area contributed by atoms with Crippen molar-refractivity contribution in [2.75, 3.05) is 32.8 Å². The first-order valence-electron chi connectivity index (χ1n) is 5.34. The van der Waals surface area contributed by atoms with Gasteiger partial charge >= 0.3 is 0 Å². The predicted octanol–water partition coefficient (Wildman–Crippen LogP) is -0.0127. The third-order valence-electron chi connectivity index (χ3n) is 3.32. The van der Waals surface area contributed by atoms with Gasteiger partial charge in [0.15, 0.2) is 0 Å². The van der Waals surface area contributed by atoms with Crippen LogP contribution >= 0.6 is 0 Å². The minimum Gasteiger partial charge on any atom is -0.379 e. The Morgan fingerprint density at radius 2 is 2.14 bits per heavy atom. The third kappa shape index (κ3) is 1.64. The Bertz CT molecular complexity index is 226. The Balaban J connectivity index is 2.07. The molecule has 0 bridgehead atoms. The highest BCUT2D eigenvalue weighted by atomic mass is 16.5. The zero-order valence-electron chi connectivity index (χ0n) is 8.71. The topological polar surface area (TPSA) is 41.6 Å². The lowest BCUT2D eigenvalue weighted by Gasteiger charge is -2.44. The maximum Gasteiger partial charge on any atom is 0.240 e. The van der Waals surface area contributed by atoms with Crippen molar-refractivity contribution in [3.8, 4) is 0 Å². The van der Waals surface area contributed by atoms with Crippen LogP contribution in [-0.2, 0) is 9.53 Å². The fourth-order valence-corrected chi connectivity index (χ4v) is 2.30. The molecule has 2 rings (SSSR count). The van der Waals surface area contributed by atoms with Crippen molar-refractivity contribution in [2.24, 2.45) is 0 Å². The number of amides is 1. The van der Waals surface area contributed by atoms with Crippen molar-refractivity contribution in [3.05, 3.63) is 0 Å². The molecule has 2 saturated heterocycles. The first kappa shape index (κ1) is 9.93. The summed E-state index contributed by atoms with van der Waals surface area (Å²) in [4.78, 5) is 14.1. The molecule has 1 N–H and O–H groups in total. The van der Waals surface area contributed by atoms with E-state index in [1.165, 1.54) is 0 Å². The van der Waals surface area contributed by atoms with Gasteiger partial charge in [0.1, 0.15) is 0 Å². The summed E-state index contributed by atoms with van der Waals surface area (Å²) in [6.45, 7) is 6.14. The molecule has 0 radical (unpaired) electrons. The quantitative estimate of drug-likeness (QED) is 0.644. The zero-order valence-corrected chi connectivity index (χ0v) is 8.71. The van der Waals surface area contributed by atoms with Crippen LogP contribution in [0.25, 0.3) is 0 Å². The summed E-state index contributed by atoms with van der Waals surface area (Å²) in [5.74, 6) is 0.186. The number of nitrogens with one attached hydrogen (secondary N) is 1. The van der Waals surface area contributed by atoms with Gasteiger partial charge in [-0.1, -0.05) is 0 Å². The summed E-state index contributed by atoms with van der Waals surface area (Å²) in [6.07, 6.45) is 2.05. The maximum atomic E-state index is 11.8. The molecule has 14 heavy (non-hydrogen) atoms. The molecule has 1 atom stereocenters. The van der Waals surface area contributed by atoms with Crippen LogP contribution in [0.2, 0.25) is 0 Å². The van der Waals surface area contributed by atoms with Crippen LogP contribution in [0.4, 0.5) is 0 Å². The van der Waals surface area contributed by atoms with Gasteiger partial charge in [-0.15, -0.1) is 0 Å². The highest BCUT2D eigenvalue weighted by Gasteiger charge is 2.41. The number of piperidine rings is 1. The lowest BCUT2D eigenvalue weighted by Crippen LogP contribution is -2.62. The first-order chi connectivity index (χ1) is 6.73. The molecule has 2 aliphatic rings. The highest BCUT2D eigenvalue weighted by Crippen LogP contribution is 2.25. The summed E-state index contributed by atoms with van der Waals surface area (Å²) >= 11 is 0. The smallest absolute Gasteiger partial charge is 0.240 e. The zero-order chi connectivity index (χ0) is 10.0. The SMILES string of the molecule is CC1(N2CCOCC2)CCCNC1=O. The number of hydrogen-bond donors (Lipinski definition) is 1. The summed E-state index contributed by atoms with van der Waals surface area (Å²) in [5.41, 5.74) is -0.290. The molecule has 1 unspecified atom stereocenters. The predicted molar refractivity (Wildman–Crippen MR) is 53.0 cm³/mol. The number of hydrogen-bond acceptors (Lipinski definition) is 3. The van der Waals surface area contributed by atoms with E-state index in [0.717, 1.165) is 45.7 Å². The van der Waals surface area contributed by atoms with Crippen molar-refractivity contribution in [1.82, 2.24) is 10.2 Å². The molecule has 0 aromatic heterocycles. The number of rotatable bonds is 1. The standard InChI is InChI=1S/C10H18N2O2/c1-10(3-2-4-11-9(10)13)12-5-7-14-8-6-12/h2-8H2,1H3,(H,11,13). The Labute approximate surface area is 84.6 Å². The normalized spacial score (nSPS) is 35.4. The minimum atomic E-state index is -0.290. The van der Waals surface area contributed by atoms with Crippen LogP contribution < -0.4 is 5.32 Å². The second-order valence-electron chi connectivity index (χ2n) is 4.23. The number of morpholine rings is 1. The van der Waals surface area contributed by atoms with E-state index in [1.54, 1.807) is 0 Å². The minimum absolute atomic E-state index is 0.186. The number of nitrogens with zero attached hydrogens (tertiary/aromatic N) is 1. The second kappa shape index (κ2) is 3.87. The van der Waals surface area contributed by atoms with Crippen LogP contribution in [0.15, 0.2) is 0 Å². The fraction of sp³-hybridized carbons (Fsp3) is 0.900. The molecular weight excluding hydrogens is 180 g/mol. The Hall–Kier alpha value is -0.610. The van der Waals surface area contributed by atoms with Crippen LogP contribution in [-0.4, -0.2) is 49.2 Å². The van der Waals surface area contributed by atoms with Crippen molar-refractivity contribution < 1.29 is 9.53 Å². The Morgan fingerprint density at radius 3 is 2.79 bits per heavy atom. The molecule has 4 heteroatoms. The number of carbonyl (C=O) groups excluding carboxylic acids is 1. The summed E-state index contributed by atoms with van der Waals surface area (Å²) < 4.78 is 5.30. The van der Waals surface area contributed by atoms with Crippen LogP contribution in [0, 0.1) is 0 Å². The molecule has 0 aromatic carbocycles. The molecule has 0 spiro atoms. The lowest BCUT2D eigenvalue weighted by molar-refractivity contribution is -0.138. The molecule has 0 aromatic rings. The number of carbonyl (C=O) groups is 1. The van der Waals surface area contributed by atoms with Crippen molar-refractivity contribution >= 4 is 5.91 Å². The van der Waals surface area contributed by atoms with Gasteiger partial charge in [-0.25, -0.2) is 0 Å². The number of ether oxygens (including phenoxy) is 1. The van der Waals surface area contributed by atoms with E-state index in [2.05, 4.69) is 10.2 Å². The summed E-state index contributed by atoms with van der Waals surface area (Å²) in [5, 5.41) is 2.95. The second-order valence-corrected chi connectivity index (χ2v) is 4.23. The van der Waals surface area contributed by atoms with Gasteiger partial charge in [0.2, 0.25) is 5.91 Å². The van der Waals surface area contributed by atoms with E-state index in [1.807, 2.05) is 6.92 Å². The maximum absolute atomic E-state index is 11.8. The summed E-state index contributed by atoms with van der Waals surface area (Å²) in [6, 6.07) is 0. The molecule has 0 aliphatic carbocycles.